The molecule has 5 aromatic rings. The van der Waals surface area contributed by atoms with Crippen LogP contribution in [-0.2, 0) is 18.5 Å². The Morgan fingerprint density at radius 1 is 0.456 bits per heavy atom. The summed E-state index contributed by atoms with van der Waals surface area (Å²) in [5.74, 6) is 0.620. The first-order chi connectivity index (χ1) is 36.5. The summed E-state index contributed by atoms with van der Waals surface area (Å²) in [6.45, 7) is 0. The Hall–Kier alpha value is -4.63. The quantitative estimate of drug-likeness (QED) is 0.0720. The van der Waals surface area contributed by atoms with E-state index < -0.39 is 61.8 Å². The summed E-state index contributed by atoms with van der Waals surface area (Å²) < 4.78 is 116. The van der Waals surface area contributed by atoms with E-state index in [2.05, 4.69) is 110 Å². The molecule has 6 fully saturated rings. The van der Waals surface area contributed by atoms with Crippen LogP contribution < -0.4 is 20.9 Å². The molecular formula is C46H45Br5ClF9N12O6. The van der Waals surface area contributed by atoms with Crippen molar-refractivity contribution in [3.8, 4) is 0 Å². The highest BCUT2D eigenvalue weighted by molar-refractivity contribution is 9.11. The summed E-state index contributed by atoms with van der Waals surface area (Å²) in [6, 6.07) is 18.5. The zero-order valence-corrected chi connectivity index (χ0v) is 49.2. The molecule has 6 aliphatic heterocycles. The van der Waals surface area contributed by atoms with Crippen molar-refractivity contribution in [1.29, 1.82) is 0 Å². The van der Waals surface area contributed by atoms with Gasteiger partial charge in [0.1, 0.15) is 30.0 Å². The molecule has 0 amide bonds. The van der Waals surface area contributed by atoms with E-state index in [4.69, 9.17) is 5.73 Å². The molecule has 0 spiro atoms. The molecule has 0 unspecified atom stereocenters. The van der Waals surface area contributed by atoms with E-state index in [1.807, 2.05) is 28.0 Å². The monoisotopic (exact) mass is 1460 g/mol. The third kappa shape index (κ3) is 17.7. The van der Waals surface area contributed by atoms with Gasteiger partial charge in [-0.3, -0.25) is 30.3 Å². The fourth-order valence-corrected chi connectivity index (χ4v) is 12.1. The molecule has 11 heterocycles. The summed E-state index contributed by atoms with van der Waals surface area (Å²) in [4.78, 5) is 50.5. The van der Waals surface area contributed by atoms with E-state index in [9.17, 15) is 69.9 Å². The summed E-state index contributed by atoms with van der Waals surface area (Å²) in [6.07, 6.45) is -0.329. The van der Waals surface area contributed by atoms with Crippen LogP contribution in [0.1, 0.15) is 94.1 Å². The van der Waals surface area contributed by atoms with Crippen LogP contribution in [0.15, 0.2) is 89.7 Å². The van der Waals surface area contributed by atoms with E-state index in [0.29, 0.717) is 22.5 Å². The smallest absolute Gasteiger partial charge is 0.397 e. The summed E-state index contributed by atoms with van der Waals surface area (Å²) in [5, 5.41) is 34.7. The van der Waals surface area contributed by atoms with Crippen LogP contribution in [0.2, 0.25) is 0 Å². The van der Waals surface area contributed by atoms with E-state index in [1.54, 1.807) is 6.07 Å². The number of rotatable bonds is 5. The highest BCUT2D eigenvalue weighted by atomic mass is 79.9. The molecule has 33 heteroatoms. The molecule has 18 nitrogen and oxygen atoms in total. The first-order valence-corrected chi connectivity index (χ1v) is 27.5. The Labute approximate surface area is 492 Å². The normalized spacial score (nSPS) is 21.1. The van der Waals surface area contributed by atoms with Gasteiger partial charge in [0.15, 0.2) is 10.3 Å². The Kier molecular flexibility index (Phi) is 23.0. The average Bonchev–Trinajstić information content (AvgIpc) is 4.34. The second-order valence-electron chi connectivity index (χ2n) is 18.1. The van der Waals surface area contributed by atoms with Crippen molar-refractivity contribution in [1.82, 2.24) is 30.2 Å². The van der Waals surface area contributed by atoms with E-state index >= 15 is 0 Å². The molecule has 5 aromatic heterocycles. The van der Waals surface area contributed by atoms with Gasteiger partial charge in [-0.25, -0.2) is 24.9 Å². The molecule has 79 heavy (non-hydrogen) atoms. The Morgan fingerprint density at radius 2 is 0.785 bits per heavy atom. The number of aromatic nitrogens is 5. The summed E-state index contributed by atoms with van der Waals surface area (Å²) in [7, 11) is 0. The fraction of sp³-hybridized carbons (Fsp3) is 0.457. The van der Waals surface area contributed by atoms with Crippen molar-refractivity contribution in [2.75, 3.05) is 15.5 Å². The van der Waals surface area contributed by atoms with Crippen LogP contribution in [-0.4, -0.2) is 75.9 Å². The maximum Gasteiger partial charge on any atom is 0.440 e. The topological polar surface area (TPSA) is 238 Å². The number of hydrogen-bond acceptors (Lipinski definition) is 15. The first kappa shape index (κ1) is 65.2. The number of pyridine rings is 5. The van der Waals surface area contributed by atoms with Gasteiger partial charge in [-0.15, -0.1) is 12.4 Å². The number of nitro groups is 3. The van der Waals surface area contributed by atoms with Gasteiger partial charge in [-0.1, -0.05) is 6.07 Å². The van der Waals surface area contributed by atoms with Crippen LogP contribution in [0.5, 0.6) is 0 Å². The van der Waals surface area contributed by atoms with Crippen molar-refractivity contribution >= 4 is 126 Å². The second kappa shape index (κ2) is 27.9. The van der Waals surface area contributed by atoms with Crippen molar-refractivity contribution in [2.45, 2.75) is 132 Å². The lowest BCUT2D eigenvalue weighted by atomic mass is 10.0. The lowest BCUT2D eigenvalue weighted by molar-refractivity contribution is -0.388. The van der Waals surface area contributed by atoms with E-state index in [0.717, 1.165) is 90.9 Å². The van der Waals surface area contributed by atoms with Crippen molar-refractivity contribution in [3.05, 3.63) is 137 Å². The van der Waals surface area contributed by atoms with Gasteiger partial charge in [0.25, 0.3) is 11.4 Å². The van der Waals surface area contributed by atoms with Gasteiger partial charge in [-0.05, 0) is 199 Å². The number of nitrogens with two attached hydrogens (primary N) is 1. The minimum absolute atomic E-state index is 0. The maximum absolute atomic E-state index is 12.9. The van der Waals surface area contributed by atoms with Crippen LogP contribution in [0, 0.1) is 30.3 Å². The van der Waals surface area contributed by atoms with E-state index in [1.165, 1.54) is 49.9 Å². The van der Waals surface area contributed by atoms with Crippen molar-refractivity contribution in [2.24, 2.45) is 0 Å². The number of fused-ring (bicyclic) bond motifs is 6. The van der Waals surface area contributed by atoms with E-state index in [-0.39, 0.29) is 50.9 Å². The predicted octanol–water partition coefficient (Wildman–Crippen LogP) is 15.2. The van der Waals surface area contributed by atoms with Crippen molar-refractivity contribution < 1.29 is 54.3 Å². The fourth-order valence-electron chi connectivity index (χ4n) is 9.81. The van der Waals surface area contributed by atoms with Crippen LogP contribution in [0.25, 0.3) is 0 Å². The zero-order valence-electron chi connectivity index (χ0n) is 40.5. The van der Waals surface area contributed by atoms with Crippen LogP contribution in [0.3, 0.4) is 0 Å². The third-order valence-corrected chi connectivity index (χ3v) is 15.5. The van der Waals surface area contributed by atoms with Gasteiger partial charge in [0, 0.05) is 54.5 Å². The number of halogens is 15. The van der Waals surface area contributed by atoms with Crippen LogP contribution in [0.4, 0.5) is 73.9 Å². The summed E-state index contributed by atoms with van der Waals surface area (Å²) in [5.41, 5.74) is -0.911. The molecule has 6 aliphatic rings. The van der Waals surface area contributed by atoms with Gasteiger partial charge in [0.2, 0.25) is 11.4 Å². The summed E-state index contributed by atoms with van der Waals surface area (Å²) >= 11 is 15.2. The highest BCUT2D eigenvalue weighted by Crippen LogP contribution is 2.44. The van der Waals surface area contributed by atoms with Gasteiger partial charge in [0.05, 0.1) is 20.5 Å². The molecule has 0 saturated carbocycles. The minimum atomic E-state index is -4.83. The lowest BCUT2D eigenvalue weighted by Gasteiger charge is -2.24. The number of alkyl halides is 9. The van der Waals surface area contributed by atoms with Gasteiger partial charge in [-0.2, -0.15) is 39.5 Å². The largest absolute Gasteiger partial charge is 0.440 e. The average molecular weight is 1470 g/mol. The number of nitrogens with one attached hydrogen (secondary N) is 1. The molecule has 11 rings (SSSR count). The third-order valence-electron chi connectivity index (χ3n) is 13.1. The molecule has 0 atom stereocenters. The number of anilines is 3. The Bertz CT molecular complexity index is 2890. The molecule has 6 saturated heterocycles. The van der Waals surface area contributed by atoms with Crippen LogP contribution >= 0.6 is 92.1 Å². The lowest BCUT2D eigenvalue weighted by Crippen LogP contribution is -2.29. The minimum Gasteiger partial charge on any atom is -0.397 e. The highest BCUT2D eigenvalue weighted by Gasteiger charge is 2.45. The first-order valence-electron chi connectivity index (χ1n) is 23.5. The Morgan fingerprint density at radius 3 is 1.11 bits per heavy atom. The molecule has 0 aliphatic carbocycles. The Balaban J connectivity index is 0.000000180. The van der Waals surface area contributed by atoms with Gasteiger partial charge >= 0.3 is 24.2 Å². The maximum atomic E-state index is 12.9. The van der Waals surface area contributed by atoms with Crippen molar-refractivity contribution in [3.63, 3.8) is 0 Å². The molecule has 0 radical (unpaired) electrons. The molecule has 0 aromatic carbocycles. The van der Waals surface area contributed by atoms with Gasteiger partial charge < -0.3 is 20.9 Å². The number of nitrogens with zero attached hydrogens (tertiary/aromatic N) is 10. The zero-order chi connectivity index (χ0) is 57.4. The second-order valence-corrected chi connectivity index (χ2v) is 22.1. The molecular weight excluding hydrogens is 1420 g/mol. The molecule has 430 valence electrons. The standard InChI is InChI=1S/C12H12F3N3O2.C12H14F3N3.C6H2BrF3N2O2.C6H11N.C5H2Br2N2O2.C5H3Br2N.ClH/c13-12(14,15)11-9(18(19)20)5-6-10(16-11)17-7-1-2-8(17)4-3-7;13-12(14,15)11-9(16)5-6-10(17-11)18-7-1-2-8(18)4-3-7;7-4-2-1-3(12(13)14)5(11-4)6(8,9)10;1-2-6-4-3-5(1)7-6;6-4-2-1-3(9(10)11)5(7)8-4;6-4-2-1-3-5(7)8-4;/h5-8H,1-4H2;5-8H,1-4,16H2;1-2H;5-7H,1-4H2;1-2H;1-3H;1H. The SMILES string of the molecule is Brc1cccc(Br)n1.C1CC2CCC1N2.Cl.Nc1ccc(N2C3CCC2CC3)nc1C(F)(F)F.O=[N+]([O-])c1ccc(Br)nc1Br.O=[N+]([O-])c1ccc(Br)nc1C(F)(F)F.O=[N+]([O-])c1ccc(N2C3CCC2CC3)nc1C(F)(F)F. The predicted molar refractivity (Wildman–Crippen MR) is 293 cm³/mol. The number of hydrogen-bond donors (Lipinski definition) is 2. The number of nitrogen functional groups attached to an aromatic ring is 1. The molecule has 3 N–H and O–H groups in total. The molecule has 6 bridgehead atoms.